The van der Waals surface area contributed by atoms with Crippen molar-refractivity contribution in [2.45, 2.75) is 123 Å². The molecule has 1 rings (SSSR count). The third kappa shape index (κ3) is 11.5. The highest BCUT2D eigenvalue weighted by Gasteiger charge is 2.04. The van der Waals surface area contributed by atoms with E-state index in [1.54, 1.807) is 0 Å². The molecule has 0 saturated heterocycles. The summed E-state index contributed by atoms with van der Waals surface area (Å²) >= 11 is 0. The number of unbranched alkanes of at least 4 members (excludes halogenated alkanes) is 12. The van der Waals surface area contributed by atoms with Gasteiger partial charge in [0.25, 0.3) is 0 Å². The Morgan fingerprint density at radius 3 is 1.92 bits per heavy atom. The Morgan fingerprint density at radius 1 is 0.808 bits per heavy atom. The average Bonchev–Trinajstić information content (AvgIpc) is 3.10. The lowest BCUT2D eigenvalue weighted by atomic mass is 10.1. The summed E-state index contributed by atoms with van der Waals surface area (Å²) in [6, 6.07) is 0.529. The molecule has 0 aliphatic carbocycles. The molecule has 0 amide bonds. The second kappa shape index (κ2) is 16.1. The molecule has 0 spiro atoms. The zero-order chi connectivity index (χ0) is 18.9. The molecule has 0 bridgehead atoms. The Bertz CT molecular complexity index is 445. The van der Waals surface area contributed by atoms with Gasteiger partial charge in [0, 0.05) is 24.9 Å². The summed E-state index contributed by atoms with van der Waals surface area (Å²) < 4.78 is 2.30. The van der Waals surface area contributed by atoms with Gasteiger partial charge < -0.3 is 4.57 Å². The van der Waals surface area contributed by atoms with E-state index in [1.807, 2.05) is 6.20 Å². The molecule has 1 aromatic rings. The highest BCUT2D eigenvalue weighted by Crippen LogP contribution is 2.13. The highest BCUT2D eigenvalue weighted by molar-refractivity contribution is 4.94. The van der Waals surface area contributed by atoms with E-state index in [0.717, 1.165) is 6.42 Å². The second-order valence-corrected chi connectivity index (χ2v) is 8.03. The van der Waals surface area contributed by atoms with Gasteiger partial charge in [-0.1, -0.05) is 76.9 Å². The summed E-state index contributed by atoms with van der Waals surface area (Å²) in [5.74, 6) is 1.26. The van der Waals surface area contributed by atoms with Crippen LogP contribution in [0.1, 0.15) is 123 Å². The maximum absolute atomic E-state index is 4.50. The minimum atomic E-state index is 0.529. The van der Waals surface area contributed by atoms with Gasteiger partial charge >= 0.3 is 0 Å². The van der Waals surface area contributed by atoms with Crippen molar-refractivity contribution in [2.75, 3.05) is 0 Å². The van der Waals surface area contributed by atoms with E-state index in [-0.39, 0.29) is 0 Å². The standard InChI is InChI=1S/C24H44N2/c1-4-5-6-7-8-9-10-11-12-13-14-15-16-17-18-19-20-24-25-21-22-26(24)23(2)3/h11-12,21-23H,4-10,13-20H2,1-3H3/b12-11-. The maximum Gasteiger partial charge on any atom is 0.108 e. The average molecular weight is 361 g/mol. The lowest BCUT2D eigenvalue weighted by molar-refractivity contribution is 0.543. The van der Waals surface area contributed by atoms with Crippen molar-refractivity contribution >= 4 is 0 Å². The zero-order valence-electron chi connectivity index (χ0n) is 17.9. The van der Waals surface area contributed by atoms with Crippen molar-refractivity contribution in [3.63, 3.8) is 0 Å². The second-order valence-electron chi connectivity index (χ2n) is 8.03. The summed E-state index contributed by atoms with van der Waals surface area (Å²) in [7, 11) is 0. The maximum atomic E-state index is 4.50. The van der Waals surface area contributed by atoms with E-state index in [2.05, 4.69) is 48.7 Å². The van der Waals surface area contributed by atoms with Gasteiger partial charge in [-0.05, 0) is 46.0 Å². The minimum Gasteiger partial charge on any atom is -0.332 e. The molecule has 0 unspecified atom stereocenters. The molecule has 2 nitrogen and oxygen atoms in total. The first-order chi connectivity index (χ1) is 12.8. The van der Waals surface area contributed by atoms with E-state index in [1.165, 1.54) is 95.7 Å². The first kappa shape index (κ1) is 23.0. The van der Waals surface area contributed by atoms with Gasteiger partial charge in [0.05, 0.1) is 0 Å². The molecular formula is C24H44N2. The van der Waals surface area contributed by atoms with Crippen molar-refractivity contribution in [1.29, 1.82) is 0 Å². The van der Waals surface area contributed by atoms with Crippen LogP contribution in [0.4, 0.5) is 0 Å². The van der Waals surface area contributed by atoms with Crippen LogP contribution in [0.3, 0.4) is 0 Å². The van der Waals surface area contributed by atoms with E-state index >= 15 is 0 Å². The summed E-state index contributed by atoms with van der Waals surface area (Å²) in [5.41, 5.74) is 0. The first-order valence-corrected chi connectivity index (χ1v) is 11.4. The number of allylic oxidation sites excluding steroid dienone is 2. The Labute approximate surface area is 163 Å². The number of hydrogen-bond acceptors (Lipinski definition) is 1. The van der Waals surface area contributed by atoms with E-state index < -0.39 is 0 Å². The van der Waals surface area contributed by atoms with Crippen LogP contribution in [0, 0.1) is 0 Å². The molecule has 1 heterocycles. The van der Waals surface area contributed by atoms with Crippen LogP contribution in [-0.4, -0.2) is 9.55 Å². The van der Waals surface area contributed by atoms with Crippen LogP contribution in [0.2, 0.25) is 0 Å². The molecule has 0 atom stereocenters. The van der Waals surface area contributed by atoms with Crippen LogP contribution in [-0.2, 0) is 6.42 Å². The molecule has 150 valence electrons. The lowest BCUT2D eigenvalue weighted by Gasteiger charge is -2.11. The number of imidazole rings is 1. The number of rotatable bonds is 17. The number of aryl methyl sites for hydroxylation is 1. The topological polar surface area (TPSA) is 17.8 Å². The van der Waals surface area contributed by atoms with Gasteiger partial charge in [-0.25, -0.2) is 4.98 Å². The van der Waals surface area contributed by atoms with Crippen LogP contribution in [0.5, 0.6) is 0 Å². The largest absolute Gasteiger partial charge is 0.332 e. The van der Waals surface area contributed by atoms with Crippen molar-refractivity contribution in [3.8, 4) is 0 Å². The Balaban J connectivity index is 1.85. The van der Waals surface area contributed by atoms with Gasteiger partial charge in [0.1, 0.15) is 5.82 Å². The molecule has 26 heavy (non-hydrogen) atoms. The molecule has 1 aromatic heterocycles. The molecule has 0 aromatic carbocycles. The van der Waals surface area contributed by atoms with Gasteiger partial charge in [-0.2, -0.15) is 0 Å². The van der Waals surface area contributed by atoms with Crippen molar-refractivity contribution in [1.82, 2.24) is 9.55 Å². The summed E-state index contributed by atoms with van der Waals surface area (Å²) in [6.07, 6.45) is 29.2. The van der Waals surface area contributed by atoms with Gasteiger partial charge in [0.15, 0.2) is 0 Å². The van der Waals surface area contributed by atoms with E-state index in [9.17, 15) is 0 Å². The third-order valence-corrected chi connectivity index (χ3v) is 5.22. The summed E-state index contributed by atoms with van der Waals surface area (Å²) in [6.45, 7) is 6.74. The van der Waals surface area contributed by atoms with Crippen LogP contribution >= 0.6 is 0 Å². The fraction of sp³-hybridized carbons (Fsp3) is 0.792. The molecular weight excluding hydrogens is 316 g/mol. The Kier molecular flexibility index (Phi) is 14.3. The fourth-order valence-corrected chi connectivity index (χ4v) is 3.54. The monoisotopic (exact) mass is 360 g/mol. The Hall–Kier alpha value is -1.05. The van der Waals surface area contributed by atoms with Gasteiger partial charge in [-0.15, -0.1) is 0 Å². The predicted octanol–water partition coefficient (Wildman–Crippen LogP) is 8.04. The van der Waals surface area contributed by atoms with E-state index in [0.29, 0.717) is 6.04 Å². The molecule has 0 radical (unpaired) electrons. The van der Waals surface area contributed by atoms with Crippen molar-refractivity contribution in [3.05, 3.63) is 30.4 Å². The van der Waals surface area contributed by atoms with Crippen LogP contribution in [0.15, 0.2) is 24.5 Å². The molecule has 0 N–H and O–H groups in total. The summed E-state index contributed by atoms with van der Waals surface area (Å²) in [5, 5.41) is 0. The number of nitrogens with zero attached hydrogens (tertiary/aromatic N) is 2. The van der Waals surface area contributed by atoms with Gasteiger partial charge in [-0.3, -0.25) is 0 Å². The summed E-state index contributed by atoms with van der Waals surface area (Å²) in [4.78, 5) is 4.50. The first-order valence-electron chi connectivity index (χ1n) is 11.4. The smallest absolute Gasteiger partial charge is 0.108 e. The van der Waals surface area contributed by atoms with Crippen molar-refractivity contribution in [2.24, 2.45) is 0 Å². The third-order valence-electron chi connectivity index (χ3n) is 5.22. The predicted molar refractivity (Wildman–Crippen MR) is 116 cm³/mol. The normalized spacial score (nSPS) is 11.8. The zero-order valence-corrected chi connectivity index (χ0v) is 17.9. The van der Waals surface area contributed by atoms with Crippen molar-refractivity contribution < 1.29 is 0 Å². The SMILES string of the molecule is CCCCCCCC/C=C\CCCCCCCCc1nccn1C(C)C. The van der Waals surface area contributed by atoms with Gasteiger partial charge in [0.2, 0.25) is 0 Å². The number of hydrogen-bond donors (Lipinski definition) is 0. The Morgan fingerprint density at radius 2 is 1.35 bits per heavy atom. The van der Waals surface area contributed by atoms with E-state index in [4.69, 9.17) is 0 Å². The highest BCUT2D eigenvalue weighted by atomic mass is 15.1. The lowest BCUT2D eigenvalue weighted by Crippen LogP contribution is -2.05. The minimum absolute atomic E-state index is 0.529. The fourth-order valence-electron chi connectivity index (χ4n) is 3.54. The molecule has 2 heteroatoms. The van der Waals surface area contributed by atoms with Crippen LogP contribution < -0.4 is 0 Å². The molecule has 0 aliphatic heterocycles. The quantitative estimate of drug-likeness (QED) is 0.203. The molecule has 0 aliphatic rings. The molecule has 0 fully saturated rings. The number of aromatic nitrogens is 2. The molecule has 0 saturated carbocycles. The van der Waals surface area contributed by atoms with Crippen LogP contribution in [0.25, 0.3) is 0 Å².